The summed E-state index contributed by atoms with van der Waals surface area (Å²) in [5, 5.41) is 2.86. The Hall–Kier alpha value is -2.25. The van der Waals surface area contributed by atoms with E-state index in [9.17, 15) is 17.6 Å². The molecule has 1 saturated heterocycles. The second-order valence-electron chi connectivity index (χ2n) is 6.51. The van der Waals surface area contributed by atoms with Crippen LogP contribution in [-0.2, 0) is 14.8 Å². The first-order valence-corrected chi connectivity index (χ1v) is 9.93. The molecule has 0 radical (unpaired) electrons. The summed E-state index contributed by atoms with van der Waals surface area (Å²) in [5.41, 5.74) is 1.74. The van der Waals surface area contributed by atoms with Crippen molar-refractivity contribution in [1.29, 1.82) is 0 Å². The minimum absolute atomic E-state index is 0.0404. The van der Waals surface area contributed by atoms with E-state index >= 15 is 0 Å². The first-order valence-electron chi connectivity index (χ1n) is 8.49. The number of rotatable bonds is 4. The number of aryl methyl sites for hydroxylation is 1. The summed E-state index contributed by atoms with van der Waals surface area (Å²) < 4.78 is 39.9. The summed E-state index contributed by atoms with van der Waals surface area (Å²) in [4.78, 5) is 12.6. The SMILES string of the molecule is Cc1cccc(NC(=O)[C@H]2CCCN(S(=O)(=O)c3ccc(F)cc3)C2)c1. The van der Waals surface area contributed by atoms with E-state index in [4.69, 9.17) is 0 Å². The molecule has 2 aromatic carbocycles. The van der Waals surface area contributed by atoms with E-state index in [1.54, 1.807) is 6.07 Å². The van der Waals surface area contributed by atoms with Gasteiger partial charge in [0.15, 0.2) is 0 Å². The van der Waals surface area contributed by atoms with Gasteiger partial charge in [-0.2, -0.15) is 4.31 Å². The molecule has 0 unspecified atom stereocenters. The Bertz CT molecular complexity index is 897. The molecule has 1 aliphatic rings. The smallest absolute Gasteiger partial charge is 0.243 e. The number of halogens is 1. The van der Waals surface area contributed by atoms with Gasteiger partial charge in [-0.15, -0.1) is 0 Å². The molecule has 0 saturated carbocycles. The maximum Gasteiger partial charge on any atom is 0.243 e. The van der Waals surface area contributed by atoms with Crippen molar-refractivity contribution in [3.05, 3.63) is 59.9 Å². The van der Waals surface area contributed by atoms with Crippen LogP contribution in [0.1, 0.15) is 18.4 Å². The highest BCUT2D eigenvalue weighted by atomic mass is 32.2. The molecular weight excluding hydrogens is 355 g/mol. The molecule has 1 aliphatic heterocycles. The summed E-state index contributed by atoms with van der Waals surface area (Å²) in [6, 6.07) is 12.2. The van der Waals surface area contributed by atoms with Gasteiger partial charge in [0, 0.05) is 18.8 Å². The predicted molar refractivity (Wildman–Crippen MR) is 97.7 cm³/mol. The number of nitrogens with one attached hydrogen (secondary N) is 1. The number of sulfonamides is 1. The maximum atomic E-state index is 13.1. The normalized spacial score (nSPS) is 18.5. The average molecular weight is 376 g/mol. The molecule has 7 heteroatoms. The number of piperidine rings is 1. The maximum absolute atomic E-state index is 13.1. The van der Waals surface area contributed by atoms with E-state index in [0.29, 0.717) is 25.1 Å². The quantitative estimate of drug-likeness (QED) is 0.891. The van der Waals surface area contributed by atoms with Crippen LogP contribution in [0, 0.1) is 18.7 Å². The van der Waals surface area contributed by atoms with Crippen LogP contribution in [0.15, 0.2) is 53.4 Å². The van der Waals surface area contributed by atoms with Crippen molar-refractivity contribution >= 4 is 21.6 Å². The van der Waals surface area contributed by atoms with Gasteiger partial charge in [-0.25, -0.2) is 12.8 Å². The molecule has 0 aromatic heterocycles. The first-order chi connectivity index (χ1) is 12.4. The number of carbonyl (C=O) groups excluding carboxylic acids is 1. The molecule has 5 nitrogen and oxygen atoms in total. The van der Waals surface area contributed by atoms with E-state index in [0.717, 1.165) is 17.7 Å². The lowest BCUT2D eigenvalue weighted by atomic mass is 9.98. The molecule has 1 fully saturated rings. The zero-order chi connectivity index (χ0) is 18.7. The number of nitrogens with zero attached hydrogens (tertiary/aromatic N) is 1. The Morgan fingerprint density at radius 1 is 1.19 bits per heavy atom. The lowest BCUT2D eigenvalue weighted by Crippen LogP contribution is -2.43. The third-order valence-corrected chi connectivity index (χ3v) is 6.37. The van der Waals surface area contributed by atoms with Crippen LogP contribution in [0.2, 0.25) is 0 Å². The van der Waals surface area contributed by atoms with E-state index < -0.39 is 21.8 Å². The van der Waals surface area contributed by atoms with Crippen molar-refractivity contribution in [2.75, 3.05) is 18.4 Å². The second kappa shape index (κ2) is 7.55. The summed E-state index contributed by atoms with van der Waals surface area (Å²) in [6.45, 7) is 2.42. The Morgan fingerprint density at radius 2 is 1.92 bits per heavy atom. The number of hydrogen-bond donors (Lipinski definition) is 1. The molecule has 1 N–H and O–H groups in total. The van der Waals surface area contributed by atoms with Gasteiger partial charge in [0.2, 0.25) is 15.9 Å². The number of benzene rings is 2. The molecule has 0 spiro atoms. The minimum atomic E-state index is -3.74. The fourth-order valence-electron chi connectivity index (χ4n) is 3.10. The average Bonchev–Trinajstić information content (AvgIpc) is 2.62. The van der Waals surface area contributed by atoms with Gasteiger partial charge in [0.1, 0.15) is 5.82 Å². The Labute approximate surface area is 152 Å². The van der Waals surface area contributed by atoms with E-state index in [2.05, 4.69) is 5.32 Å². The second-order valence-corrected chi connectivity index (χ2v) is 8.45. The molecule has 2 aromatic rings. The van der Waals surface area contributed by atoms with Gasteiger partial charge >= 0.3 is 0 Å². The number of anilines is 1. The zero-order valence-corrected chi connectivity index (χ0v) is 15.3. The standard InChI is InChI=1S/C19H21FN2O3S/c1-14-4-2-6-17(12-14)21-19(23)15-5-3-11-22(13-15)26(24,25)18-9-7-16(20)8-10-18/h2,4,6-10,12,15H,3,5,11,13H2,1H3,(H,21,23)/t15-/m0/s1. The molecule has 0 aliphatic carbocycles. The lowest BCUT2D eigenvalue weighted by molar-refractivity contribution is -0.120. The van der Waals surface area contributed by atoms with Crippen LogP contribution in [0.3, 0.4) is 0 Å². The molecule has 26 heavy (non-hydrogen) atoms. The van der Waals surface area contributed by atoms with Gasteiger partial charge in [-0.1, -0.05) is 12.1 Å². The van der Waals surface area contributed by atoms with Crippen LogP contribution in [-0.4, -0.2) is 31.7 Å². The summed E-state index contributed by atoms with van der Waals surface area (Å²) in [6.07, 6.45) is 1.24. The molecule has 0 bridgehead atoms. The van der Waals surface area contributed by atoms with Crippen molar-refractivity contribution < 1.29 is 17.6 Å². The largest absolute Gasteiger partial charge is 0.326 e. The minimum Gasteiger partial charge on any atom is -0.326 e. The van der Waals surface area contributed by atoms with Gasteiger partial charge in [-0.3, -0.25) is 4.79 Å². The van der Waals surface area contributed by atoms with Gasteiger partial charge in [-0.05, 0) is 61.7 Å². The molecule has 3 rings (SSSR count). The van der Waals surface area contributed by atoms with E-state index in [-0.39, 0.29) is 17.3 Å². The fraction of sp³-hybridized carbons (Fsp3) is 0.316. The van der Waals surface area contributed by atoms with Gasteiger partial charge in [0.05, 0.1) is 10.8 Å². The van der Waals surface area contributed by atoms with Gasteiger partial charge in [0.25, 0.3) is 0 Å². The number of hydrogen-bond acceptors (Lipinski definition) is 3. The van der Waals surface area contributed by atoms with E-state index in [1.807, 2.05) is 25.1 Å². The Kier molecular flexibility index (Phi) is 5.38. The summed E-state index contributed by atoms with van der Waals surface area (Å²) >= 11 is 0. The van der Waals surface area contributed by atoms with Crippen molar-refractivity contribution in [2.24, 2.45) is 5.92 Å². The predicted octanol–water partition coefficient (Wildman–Crippen LogP) is 3.17. The van der Waals surface area contributed by atoms with Crippen molar-refractivity contribution in [3.63, 3.8) is 0 Å². The zero-order valence-electron chi connectivity index (χ0n) is 14.5. The van der Waals surface area contributed by atoms with Crippen molar-refractivity contribution in [3.8, 4) is 0 Å². The third kappa shape index (κ3) is 4.11. The fourth-order valence-corrected chi connectivity index (χ4v) is 4.62. The highest BCUT2D eigenvalue weighted by Crippen LogP contribution is 2.25. The molecule has 138 valence electrons. The van der Waals surface area contributed by atoms with Crippen molar-refractivity contribution in [1.82, 2.24) is 4.31 Å². The van der Waals surface area contributed by atoms with Crippen LogP contribution < -0.4 is 5.32 Å². The van der Waals surface area contributed by atoms with Crippen LogP contribution in [0.5, 0.6) is 0 Å². The van der Waals surface area contributed by atoms with Gasteiger partial charge < -0.3 is 5.32 Å². The van der Waals surface area contributed by atoms with Crippen molar-refractivity contribution in [2.45, 2.75) is 24.7 Å². The number of carbonyl (C=O) groups is 1. The molecular formula is C19H21FN2O3S. The van der Waals surface area contributed by atoms with Crippen LogP contribution in [0.4, 0.5) is 10.1 Å². The number of amides is 1. The highest BCUT2D eigenvalue weighted by molar-refractivity contribution is 7.89. The molecule has 1 heterocycles. The summed E-state index contributed by atoms with van der Waals surface area (Å²) in [5.74, 6) is -1.09. The van der Waals surface area contributed by atoms with E-state index in [1.165, 1.54) is 16.4 Å². The molecule has 1 amide bonds. The highest BCUT2D eigenvalue weighted by Gasteiger charge is 2.33. The van der Waals surface area contributed by atoms with Crippen LogP contribution >= 0.6 is 0 Å². The Morgan fingerprint density at radius 3 is 2.62 bits per heavy atom. The van der Waals surface area contributed by atoms with Crippen LogP contribution in [0.25, 0.3) is 0 Å². The monoisotopic (exact) mass is 376 g/mol. The third-order valence-electron chi connectivity index (χ3n) is 4.49. The topological polar surface area (TPSA) is 66.5 Å². The first kappa shape index (κ1) is 18.5. The summed E-state index contributed by atoms with van der Waals surface area (Å²) in [7, 11) is -3.74. The molecule has 1 atom stereocenters. The lowest BCUT2D eigenvalue weighted by Gasteiger charge is -2.31. The Balaban J connectivity index is 1.72.